The molecule has 0 bridgehead atoms. The van der Waals surface area contributed by atoms with Crippen molar-refractivity contribution in [3.05, 3.63) is 29.8 Å². The van der Waals surface area contributed by atoms with E-state index in [1.54, 1.807) is 0 Å². The summed E-state index contributed by atoms with van der Waals surface area (Å²) in [5.41, 5.74) is 3.61. The Morgan fingerprint density at radius 3 is 2.47 bits per heavy atom. The van der Waals surface area contributed by atoms with Gasteiger partial charge in [0.2, 0.25) is 11.8 Å². The molecule has 2 aliphatic heterocycles. The van der Waals surface area contributed by atoms with Crippen molar-refractivity contribution in [1.29, 1.82) is 0 Å². The van der Waals surface area contributed by atoms with Crippen LogP contribution in [-0.2, 0) is 14.4 Å². The molecule has 1 fully saturated rings. The van der Waals surface area contributed by atoms with Crippen LogP contribution in [0.15, 0.2) is 24.3 Å². The summed E-state index contributed by atoms with van der Waals surface area (Å²) < 4.78 is 0. The highest BCUT2D eigenvalue weighted by molar-refractivity contribution is 6.33. The zero-order valence-electron chi connectivity index (χ0n) is 21.1. The number of piperazine rings is 1. The molecule has 0 saturated carbocycles. The molecule has 0 aliphatic carbocycles. The van der Waals surface area contributed by atoms with Crippen LogP contribution in [0.4, 0.5) is 11.4 Å². The fraction of sp³-hybridized carbons (Fsp3) is 0.577. The molecular weight excluding hydrogens is 430 g/mol. The fourth-order valence-electron chi connectivity index (χ4n) is 4.71. The van der Waals surface area contributed by atoms with E-state index < -0.39 is 0 Å². The summed E-state index contributed by atoms with van der Waals surface area (Å²) in [5, 5.41) is 2.94. The molecule has 8 heteroatoms. The topological polar surface area (TPSA) is 76.2 Å². The van der Waals surface area contributed by atoms with Crippen LogP contribution < -0.4 is 10.2 Å². The first-order valence-electron chi connectivity index (χ1n) is 12.4. The van der Waals surface area contributed by atoms with E-state index in [-0.39, 0.29) is 17.7 Å². The van der Waals surface area contributed by atoms with Crippen molar-refractivity contribution in [3.8, 4) is 0 Å². The molecule has 3 amide bonds. The average molecular weight is 470 g/mol. The molecule has 0 radical (unpaired) electrons. The van der Waals surface area contributed by atoms with E-state index in [4.69, 9.17) is 0 Å². The lowest BCUT2D eigenvalue weighted by molar-refractivity contribution is -0.132. The highest BCUT2D eigenvalue weighted by atomic mass is 16.2. The number of allylic oxidation sites excluding steroid dienone is 1. The summed E-state index contributed by atoms with van der Waals surface area (Å²) in [5.74, 6) is 0.315. The SMILES string of the molecule is C/C=C1\C(=O)Nc2cccc(N3CCN(C(=O)CCCCCN(CC)C(=O)CN(C)C)CC3)c21. The molecule has 0 spiro atoms. The first kappa shape index (κ1) is 25.7. The lowest BCUT2D eigenvalue weighted by Gasteiger charge is -2.37. The number of amides is 3. The largest absolute Gasteiger partial charge is 0.367 e. The summed E-state index contributed by atoms with van der Waals surface area (Å²) in [7, 11) is 3.81. The van der Waals surface area contributed by atoms with Crippen LogP contribution in [0.3, 0.4) is 0 Å². The van der Waals surface area contributed by atoms with Gasteiger partial charge in [0, 0.05) is 62.5 Å². The number of rotatable bonds is 10. The molecule has 0 unspecified atom stereocenters. The maximum atomic E-state index is 12.7. The molecule has 1 aromatic carbocycles. The van der Waals surface area contributed by atoms with Crippen molar-refractivity contribution in [1.82, 2.24) is 14.7 Å². The van der Waals surface area contributed by atoms with Crippen LogP contribution in [0.5, 0.6) is 0 Å². The Hall–Kier alpha value is -2.87. The predicted molar refractivity (Wildman–Crippen MR) is 137 cm³/mol. The first-order chi connectivity index (χ1) is 16.3. The monoisotopic (exact) mass is 469 g/mol. The number of fused-ring (bicyclic) bond motifs is 1. The summed E-state index contributed by atoms with van der Waals surface area (Å²) in [4.78, 5) is 45.2. The smallest absolute Gasteiger partial charge is 0.256 e. The maximum absolute atomic E-state index is 12.7. The Kier molecular flexibility index (Phi) is 9.10. The fourth-order valence-corrected chi connectivity index (χ4v) is 4.71. The van der Waals surface area contributed by atoms with Gasteiger partial charge in [-0.2, -0.15) is 0 Å². The van der Waals surface area contributed by atoms with Crippen molar-refractivity contribution < 1.29 is 14.4 Å². The second-order valence-corrected chi connectivity index (χ2v) is 9.25. The third-order valence-corrected chi connectivity index (χ3v) is 6.57. The standard InChI is InChI=1S/C26H39N5O3/c1-5-20-25-21(27-26(20)34)11-10-12-22(25)30-15-17-31(18-16-30)23(32)13-8-7-9-14-29(6-2)24(33)19-28(3)4/h5,10-12H,6-9,13-19H2,1-4H3,(H,27,34)/b20-5-. The second kappa shape index (κ2) is 12.0. The highest BCUT2D eigenvalue weighted by Gasteiger charge is 2.30. The molecule has 186 valence electrons. The first-order valence-corrected chi connectivity index (χ1v) is 12.4. The van der Waals surface area contributed by atoms with Gasteiger partial charge in [-0.15, -0.1) is 0 Å². The van der Waals surface area contributed by atoms with Gasteiger partial charge < -0.3 is 24.9 Å². The second-order valence-electron chi connectivity index (χ2n) is 9.25. The maximum Gasteiger partial charge on any atom is 0.256 e. The minimum Gasteiger partial charge on any atom is -0.367 e. The number of nitrogens with one attached hydrogen (secondary N) is 1. The molecule has 2 heterocycles. The van der Waals surface area contributed by atoms with E-state index in [0.29, 0.717) is 31.6 Å². The highest BCUT2D eigenvalue weighted by Crippen LogP contribution is 2.39. The number of anilines is 2. The molecule has 1 N–H and O–H groups in total. The van der Waals surface area contributed by atoms with Crippen molar-refractivity contribution >= 4 is 34.7 Å². The quantitative estimate of drug-likeness (QED) is 0.421. The molecule has 1 aromatic rings. The van der Waals surface area contributed by atoms with Crippen molar-refractivity contribution in [2.75, 3.05) is 70.1 Å². The van der Waals surface area contributed by atoms with E-state index >= 15 is 0 Å². The molecule has 0 aromatic heterocycles. The molecule has 0 atom stereocenters. The van der Waals surface area contributed by atoms with Crippen LogP contribution in [0.25, 0.3) is 5.57 Å². The Morgan fingerprint density at radius 1 is 1.09 bits per heavy atom. The average Bonchev–Trinajstić information content (AvgIpc) is 3.15. The third-order valence-electron chi connectivity index (χ3n) is 6.57. The van der Waals surface area contributed by atoms with Gasteiger partial charge in [-0.3, -0.25) is 14.4 Å². The van der Waals surface area contributed by atoms with Gasteiger partial charge >= 0.3 is 0 Å². The number of carbonyl (C=O) groups is 3. The van der Waals surface area contributed by atoms with E-state index in [9.17, 15) is 14.4 Å². The lowest BCUT2D eigenvalue weighted by atomic mass is 10.0. The summed E-state index contributed by atoms with van der Waals surface area (Å²) in [6.07, 6.45) is 5.14. The number of unbranched alkanes of at least 4 members (excludes halogenated alkanes) is 2. The normalized spacial score (nSPS) is 16.7. The van der Waals surface area contributed by atoms with Gasteiger partial charge in [0.25, 0.3) is 5.91 Å². The van der Waals surface area contributed by atoms with E-state index in [0.717, 1.165) is 62.4 Å². The van der Waals surface area contributed by atoms with Gasteiger partial charge in [-0.1, -0.05) is 18.6 Å². The lowest BCUT2D eigenvalue weighted by Crippen LogP contribution is -2.49. The summed E-state index contributed by atoms with van der Waals surface area (Å²) in [6, 6.07) is 5.96. The predicted octanol–water partition coefficient (Wildman–Crippen LogP) is 2.66. The van der Waals surface area contributed by atoms with Crippen LogP contribution in [0.1, 0.15) is 45.1 Å². The van der Waals surface area contributed by atoms with Gasteiger partial charge in [0.05, 0.1) is 12.2 Å². The molecule has 8 nitrogen and oxygen atoms in total. The van der Waals surface area contributed by atoms with Crippen molar-refractivity contribution in [3.63, 3.8) is 0 Å². The number of likely N-dealkylation sites (N-methyl/N-ethyl adjacent to an activating group) is 2. The van der Waals surface area contributed by atoms with Gasteiger partial charge in [-0.05, 0) is 52.9 Å². The van der Waals surface area contributed by atoms with E-state index in [1.165, 1.54) is 0 Å². The number of hydrogen-bond acceptors (Lipinski definition) is 5. The summed E-state index contributed by atoms with van der Waals surface area (Å²) >= 11 is 0. The number of benzene rings is 1. The molecule has 1 saturated heterocycles. The zero-order valence-corrected chi connectivity index (χ0v) is 21.1. The van der Waals surface area contributed by atoms with Crippen molar-refractivity contribution in [2.24, 2.45) is 0 Å². The van der Waals surface area contributed by atoms with Crippen LogP contribution in [-0.4, -0.2) is 92.3 Å². The van der Waals surface area contributed by atoms with Gasteiger partial charge in [0.15, 0.2) is 0 Å². The molecule has 3 rings (SSSR count). The number of nitrogens with zero attached hydrogens (tertiary/aromatic N) is 4. The number of hydrogen-bond donors (Lipinski definition) is 1. The van der Waals surface area contributed by atoms with E-state index in [1.807, 2.05) is 60.9 Å². The molecule has 2 aliphatic rings. The minimum atomic E-state index is -0.0529. The minimum absolute atomic E-state index is 0.0529. The Labute approximate surface area is 203 Å². The van der Waals surface area contributed by atoms with Crippen LogP contribution in [0.2, 0.25) is 0 Å². The van der Waals surface area contributed by atoms with Gasteiger partial charge in [-0.25, -0.2) is 0 Å². The molecule has 34 heavy (non-hydrogen) atoms. The van der Waals surface area contributed by atoms with Crippen LogP contribution in [0, 0.1) is 0 Å². The van der Waals surface area contributed by atoms with Gasteiger partial charge in [0.1, 0.15) is 0 Å². The Balaban J connectivity index is 1.42. The zero-order chi connectivity index (χ0) is 24.7. The van der Waals surface area contributed by atoms with E-state index in [2.05, 4.69) is 16.3 Å². The number of carbonyl (C=O) groups excluding carboxylic acids is 3. The Morgan fingerprint density at radius 2 is 1.82 bits per heavy atom. The van der Waals surface area contributed by atoms with Crippen LogP contribution >= 0.6 is 0 Å². The third kappa shape index (κ3) is 6.17. The summed E-state index contributed by atoms with van der Waals surface area (Å²) in [6.45, 7) is 8.71. The van der Waals surface area contributed by atoms with Crippen molar-refractivity contribution in [2.45, 2.75) is 39.5 Å². The molecular formula is C26H39N5O3. The Bertz CT molecular complexity index is 919.